The molecule has 16 heteroatoms. The fraction of sp³-hybridized carbons (Fsp3) is 0.382. The monoisotopic (exact) mass is 751 g/mol. The van der Waals surface area contributed by atoms with Crippen LogP contribution in [0.3, 0.4) is 0 Å². The van der Waals surface area contributed by atoms with Crippen LogP contribution in [0.4, 0.5) is 5.69 Å². The van der Waals surface area contributed by atoms with Crippen LogP contribution in [0.2, 0.25) is 0 Å². The Kier molecular flexibility index (Phi) is 14.9. The van der Waals surface area contributed by atoms with Gasteiger partial charge in [0.25, 0.3) is 11.8 Å². The molecule has 13 nitrogen and oxygen atoms in total. The molecule has 0 saturated carbocycles. The maximum absolute atomic E-state index is 13.3. The summed E-state index contributed by atoms with van der Waals surface area (Å²) in [5.41, 5.74) is 8.38. The topological polar surface area (TPSA) is 188 Å². The van der Waals surface area contributed by atoms with Crippen LogP contribution >= 0.6 is 13.5 Å². The quantitative estimate of drug-likeness (QED) is 0.241. The predicted molar refractivity (Wildman–Crippen MR) is 197 cm³/mol. The van der Waals surface area contributed by atoms with E-state index in [1.54, 1.807) is 31.2 Å². The van der Waals surface area contributed by atoms with Gasteiger partial charge in [-0.05, 0) is 67.8 Å². The molecule has 274 valence electrons. The number of hydrogen-bond donors (Lipinski definition) is 2. The number of rotatable bonds is 13. The second-order valence-corrected chi connectivity index (χ2v) is 15.9. The first-order valence-corrected chi connectivity index (χ1v) is 19.5. The van der Waals surface area contributed by atoms with Crippen LogP contribution in [-0.2, 0) is 24.5 Å². The molecule has 0 fully saturated rings. The summed E-state index contributed by atoms with van der Waals surface area (Å²) in [4.78, 5) is 39.1. The number of sulfone groups is 2. The third-order valence-corrected chi connectivity index (χ3v) is 9.21. The van der Waals surface area contributed by atoms with Gasteiger partial charge in [-0.3, -0.25) is 19.3 Å². The number of ether oxygens (including phenoxy) is 3. The van der Waals surface area contributed by atoms with Crippen molar-refractivity contribution in [3.8, 4) is 17.2 Å². The van der Waals surface area contributed by atoms with E-state index in [0.29, 0.717) is 30.3 Å². The van der Waals surface area contributed by atoms with Crippen molar-refractivity contribution in [1.29, 1.82) is 0 Å². The Balaban J connectivity index is 0.000000409. The highest BCUT2D eigenvalue weighted by Gasteiger charge is 2.43. The lowest BCUT2D eigenvalue weighted by Crippen LogP contribution is -2.37. The second kappa shape index (κ2) is 17.7. The van der Waals surface area contributed by atoms with Crippen molar-refractivity contribution < 1.29 is 45.4 Å². The molecule has 1 aliphatic heterocycles. The number of nitrogens with two attached hydrogens (primary N) is 1. The third-order valence-electron chi connectivity index (χ3n) is 7.32. The van der Waals surface area contributed by atoms with Crippen LogP contribution < -0.4 is 25.3 Å². The molecular formula is C34H45N3O10S3. The molecule has 0 spiro atoms. The Morgan fingerprint density at radius 1 is 0.840 bits per heavy atom. The average molecular weight is 752 g/mol. The fourth-order valence-corrected chi connectivity index (χ4v) is 7.00. The smallest absolute Gasteiger partial charge is 0.264 e. The Labute approximate surface area is 300 Å². The number of fused-ring (bicyclic) bond motifs is 1. The van der Waals surface area contributed by atoms with Gasteiger partial charge in [0.2, 0.25) is 5.91 Å². The molecule has 1 aliphatic rings. The minimum atomic E-state index is -3.60. The summed E-state index contributed by atoms with van der Waals surface area (Å²) in [6.45, 7) is 7.83. The molecule has 0 aliphatic carbocycles. The molecular weight excluding hydrogens is 707 g/mol. The van der Waals surface area contributed by atoms with E-state index in [-0.39, 0.29) is 36.1 Å². The number of benzene rings is 3. The molecule has 0 aromatic heterocycles. The Bertz CT molecular complexity index is 1930. The standard InChI is InChI=1S/C22H24N2O7S.C12H19NO3S.H2S/c1-5-31-19-11-14(9-10-18(19)30-3)17(12-32(4,28)29)24-21(26)15-7-6-8-16(23-13(2)25)20(15)22(24)27;1-4-16-12-7-10(6-5-9(12)2)11(13)8-17(3,14)15;/h6-11,17H,5,12H2,1-4H3,(H,23,25);5-7,11H,4,8,13H2,1-3H3;1H2/t17-;11-;/m11./s1. The highest BCUT2D eigenvalue weighted by Crippen LogP contribution is 2.38. The van der Waals surface area contributed by atoms with Gasteiger partial charge in [0.15, 0.2) is 11.5 Å². The maximum Gasteiger partial charge on any atom is 0.264 e. The van der Waals surface area contributed by atoms with E-state index in [9.17, 15) is 31.2 Å². The molecule has 4 rings (SSSR count). The molecule has 0 saturated heterocycles. The number of aryl methyl sites for hydroxylation is 1. The normalized spacial score (nSPS) is 13.6. The lowest BCUT2D eigenvalue weighted by molar-refractivity contribution is -0.114. The number of nitrogens with one attached hydrogen (secondary N) is 1. The van der Waals surface area contributed by atoms with Gasteiger partial charge >= 0.3 is 0 Å². The highest BCUT2D eigenvalue weighted by molar-refractivity contribution is 7.90. The Hall–Kier alpha value is -4.12. The second-order valence-electron chi connectivity index (χ2n) is 11.5. The van der Waals surface area contributed by atoms with E-state index < -0.39 is 55.2 Å². The number of imide groups is 1. The first kappa shape index (κ1) is 42.0. The van der Waals surface area contributed by atoms with Gasteiger partial charge in [-0.25, -0.2) is 16.8 Å². The molecule has 3 amide bonds. The maximum atomic E-state index is 13.3. The van der Waals surface area contributed by atoms with Crippen molar-refractivity contribution in [2.45, 2.75) is 39.8 Å². The van der Waals surface area contributed by atoms with E-state index in [1.165, 1.54) is 32.4 Å². The predicted octanol–water partition coefficient (Wildman–Crippen LogP) is 3.99. The molecule has 0 radical (unpaired) electrons. The largest absolute Gasteiger partial charge is 0.494 e. The van der Waals surface area contributed by atoms with E-state index in [4.69, 9.17) is 19.9 Å². The molecule has 0 bridgehead atoms. The van der Waals surface area contributed by atoms with Gasteiger partial charge in [0, 0.05) is 25.5 Å². The molecule has 3 N–H and O–H groups in total. The van der Waals surface area contributed by atoms with Gasteiger partial charge in [-0.15, -0.1) is 0 Å². The Morgan fingerprint density at radius 3 is 1.98 bits per heavy atom. The summed E-state index contributed by atoms with van der Waals surface area (Å²) in [6.07, 6.45) is 2.22. The van der Waals surface area contributed by atoms with E-state index in [0.717, 1.165) is 28.0 Å². The summed E-state index contributed by atoms with van der Waals surface area (Å²) in [5.74, 6) is -0.704. The van der Waals surface area contributed by atoms with Gasteiger partial charge in [-0.2, -0.15) is 13.5 Å². The van der Waals surface area contributed by atoms with Crippen LogP contribution in [0, 0.1) is 6.92 Å². The molecule has 50 heavy (non-hydrogen) atoms. The minimum Gasteiger partial charge on any atom is -0.494 e. The van der Waals surface area contributed by atoms with Gasteiger partial charge in [0.05, 0.1) is 54.7 Å². The lowest BCUT2D eigenvalue weighted by atomic mass is 10.1. The van der Waals surface area contributed by atoms with Crippen LogP contribution in [0.15, 0.2) is 54.6 Å². The first-order chi connectivity index (χ1) is 22.9. The zero-order valence-corrected chi connectivity index (χ0v) is 31.7. The van der Waals surface area contributed by atoms with Crippen LogP contribution in [0.5, 0.6) is 17.2 Å². The first-order valence-electron chi connectivity index (χ1n) is 15.3. The zero-order valence-electron chi connectivity index (χ0n) is 29.1. The molecule has 1 heterocycles. The summed E-state index contributed by atoms with van der Waals surface area (Å²) < 4.78 is 63.2. The summed E-state index contributed by atoms with van der Waals surface area (Å²) in [5, 5.41) is 2.55. The van der Waals surface area contributed by atoms with Crippen LogP contribution in [0.1, 0.15) is 70.3 Å². The third kappa shape index (κ3) is 10.9. The number of amides is 3. The van der Waals surface area contributed by atoms with Crippen molar-refractivity contribution in [2.75, 3.05) is 49.7 Å². The van der Waals surface area contributed by atoms with E-state index >= 15 is 0 Å². The van der Waals surface area contributed by atoms with Crippen molar-refractivity contribution in [1.82, 2.24) is 4.90 Å². The van der Waals surface area contributed by atoms with Crippen LogP contribution in [-0.4, -0.2) is 83.8 Å². The van der Waals surface area contributed by atoms with Crippen molar-refractivity contribution in [3.05, 3.63) is 82.4 Å². The molecule has 3 aromatic carbocycles. The van der Waals surface area contributed by atoms with Gasteiger partial charge in [0.1, 0.15) is 25.4 Å². The van der Waals surface area contributed by atoms with E-state index in [1.807, 2.05) is 32.0 Å². The van der Waals surface area contributed by atoms with Gasteiger partial charge < -0.3 is 25.3 Å². The average Bonchev–Trinajstić information content (AvgIpc) is 3.26. The molecule has 0 unspecified atom stereocenters. The molecule has 3 aromatic rings. The minimum absolute atomic E-state index is 0. The fourth-order valence-electron chi connectivity index (χ4n) is 5.24. The lowest BCUT2D eigenvalue weighted by Gasteiger charge is -2.27. The molecule has 2 atom stereocenters. The summed E-state index contributed by atoms with van der Waals surface area (Å²) >= 11 is 0. The highest BCUT2D eigenvalue weighted by atomic mass is 32.2. The van der Waals surface area contributed by atoms with Crippen molar-refractivity contribution in [3.63, 3.8) is 0 Å². The van der Waals surface area contributed by atoms with Crippen LogP contribution in [0.25, 0.3) is 0 Å². The number of carbonyl (C=O) groups is 3. The number of carbonyl (C=O) groups excluding carboxylic acids is 3. The zero-order chi connectivity index (χ0) is 36.7. The van der Waals surface area contributed by atoms with Crippen molar-refractivity contribution in [2.24, 2.45) is 5.73 Å². The summed E-state index contributed by atoms with van der Waals surface area (Å²) in [7, 11) is -5.20. The number of methoxy groups -OCH3 is 1. The number of hydrogen-bond acceptors (Lipinski definition) is 11. The van der Waals surface area contributed by atoms with Crippen molar-refractivity contribution >= 4 is 56.6 Å². The Morgan fingerprint density at radius 2 is 1.42 bits per heavy atom. The number of nitrogens with zero attached hydrogens (tertiary/aromatic N) is 1. The SMILES string of the molecule is CCOc1cc([C@@H](CS(C)(=O)=O)N2C(=O)c3cccc(NC(C)=O)c3C2=O)ccc1OC.CCOc1cc([C@H](N)CS(C)(=O)=O)ccc1C.S. The van der Waals surface area contributed by atoms with Gasteiger partial charge in [-0.1, -0.05) is 24.3 Å². The van der Waals surface area contributed by atoms with E-state index in [2.05, 4.69) is 5.32 Å². The summed E-state index contributed by atoms with van der Waals surface area (Å²) in [6, 6.07) is 13.2. The number of anilines is 1.